The van der Waals surface area contributed by atoms with Crippen molar-refractivity contribution in [2.45, 2.75) is 85.8 Å². The fraction of sp³-hybridized carbons (Fsp3) is 0.0943. The van der Waals surface area contributed by atoms with Crippen LogP contribution in [-0.4, -0.2) is 0 Å². The molecule has 16 aromatic carbocycles. The summed E-state index contributed by atoms with van der Waals surface area (Å²) in [6, 6.07) is 139. The second kappa shape index (κ2) is 31.1. The number of aryl methyl sites for hydroxylation is 4. The van der Waals surface area contributed by atoms with Gasteiger partial charge in [-0.15, -0.1) is 0 Å². The summed E-state index contributed by atoms with van der Waals surface area (Å²) in [5, 5.41) is 0. The van der Waals surface area contributed by atoms with Crippen LogP contribution in [0.15, 0.2) is 408 Å². The monoisotopic (exact) mass is 1480 g/mol. The molecule has 0 N–H and O–H groups in total. The largest absolute Gasteiger partial charge is 0.310 e. The van der Waals surface area contributed by atoms with Gasteiger partial charge < -0.3 is 19.6 Å². The molecule has 4 aliphatic rings. The molecule has 0 fully saturated rings. The van der Waals surface area contributed by atoms with Crippen LogP contribution in [0, 0.1) is 27.7 Å². The minimum absolute atomic E-state index is 0.0293. The van der Waals surface area contributed by atoms with E-state index in [-0.39, 0.29) is 10.8 Å². The summed E-state index contributed by atoms with van der Waals surface area (Å²) in [5.41, 5.74) is 35.5. The molecule has 20 rings (SSSR count). The quantitative estimate of drug-likeness (QED) is 0.149. The van der Waals surface area contributed by atoms with Crippen LogP contribution in [-0.2, 0) is 10.8 Å². The van der Waals surface area contributed by atoms with Gasteiger partial charge in [-0.2, -0.15) is 0 Å². The third-order valence-electron chi connectivity index (χ3n) is 22.2. The highest BCUT2D eigenvalue weighted by Crippen LogP contribution is 2.57. The molecule has 0 atom stereocenters. The van der Waals surface area contributed by atoms with Gasteiger partial charge in [0.05, 0.1) is 45.5 Å². The first kappa shape index (κ1) is 72.3. The maximum atomic E-state index is 2.41. The molecule has 6 heteroatoms. The molecule has 16 aromatic rings. The Hall–Kier alpha value is -12.6. The molecule has 0 bridgehead atoms. The predicted octanol–water partition coefficient (Wildman–Crippen LogP) is 30.7. The molecule has 544 valence electrons. The average Bonchev–Trinajstić information content (AvgIpc) is 0.722. The normalized spacial score (nSPS) is 13.4. The lowest BCUT2D eigenvalue weighted by atomic mass is 9.72. The smallest absolute Gasteiger partial charge is 0.0604 e. The Bertz CT molecular complexity index is 5940. The maximum absolute atomic E-state index is 2.41. The number of anilines is 12. The third-order valence-corrected chi connectivity index (χ3v) is 24.6. The number of nitrogens with zero attached hydrogens (tertiary/aromatic N) is 4. The van der Waals surface area contributed by atoms with Crippen molar-refractivity contribution in [2.24, 2.45) is 0 Å². The van der Waals surface area contributed by atoms with E-state index >= 15 is 0 Å². The highest BCUT2D eigenvalue weighted by atomic mass is 32.2. The Kier molecular flexibility index (Phi) is 20.0. The fourth-order valence-electron chi connectivity index (χ4n) is 16.6. The number of rotatable bonds is 8. The van der Waals surface area contributed by atoms with Crippen LogP contribution < -0.4 is 19.6 Å². The van der Waals surface area contributed by atoms with E-state index in [0.29, 0.717) is 0 Å². The van der Waals surface area contributed by atoms with E-state index in [0.717, 1.165) is 0 Å². The Balaban J connectivity index is 0.000000108. The zero-order valence-electron chi connectivity index (χ0n) is 64.6. The van der Waals surface area contributed by atoms with Gasteiger partial charge in [0.15, 0.2) is 0 Å². The summed E-state index contributed by atoms with van der Waals surface area (Å²) in [6.45, 7) is 18.1. The summed E-state index contributed by atoms with van der Waals surface area (Å²) < 4.78 is 0. The highest BCUT2D eigenvalue weighted by Gasteiger charge is 2.39. The Morgan fingerprint density at radius 3 is 0.982 bits per heavy atom. The van der Waals surface area contributed by atoms with Gasteiger partial charge in [-0.3, -0.25) is 0 Å². The van der Waals surface area contributed by atoms with Crippen molar-refractivity contribution in [2.75, 3.05) is 19.6 Å². The van der Waals surface area contributed by atoms with Crippen molar-refractivity contribution >= 4 is 91.8 Å². The average molecular weight is 1480 g/mol. The van der Waals surface area contributed by atoms with E-state index in [4.69, 9.17) is 0 Å². The van der Waals surface area contributed by atoms with Crippen LogP contribution in [0.5, 0.6) is 0 Å². The molecule has 0 saturated carbocycles. The minimum Gasteiger partial charge on any atom is -0.310 e. The number of fused-ring (bicyclic) bond motifs is 8. The Labute approximate surface area is 669 Å². The molecule has 0 aromatic heterocycles. The Morgan fingerprint density at radius 1 is 0.205 bits per heavy atom. The van der Waals surface area contributed by atoms with Crippen LogP contribution in [0.2, 0.25) is 0 Å². The van der Waals surface area contributed by atoms with Gasteiger partial charge in [0.2, 0.25) is 0 Å². The summed E-state index contributed by atoms with van der Waals surface area (Å²) in [4.78, 5) is 14.8. The van der Waals surface area contributed by atoms with Gasteiger partial charge in [0.1, 0.15) is 0 Å². The van der Waals surface area contributed by atoms with Crippen molar-refractivity contribution < 1.29 is 0 Å². The molecule has 112 heavy (non-hydrogen) atoms. The van der Waals surface area contributed by atoms with Crippen molar-refractivity contribution in [3.8, 4) is 44.5 Å². The SMILES string of the molecule is Cc1ccc2c(c1)C(C)(C)c1ccccc1N2c1ccc(-c2ccccc2)cc1.Cc1ccc2c(c1)N(c1ccc(-c3ccccc3)cc1)c1ccccc1S2.Cc1cccc2c1C(C)(C)c1ccccc1N2c1ccc(-c2ccccc2)cc1.Cc1cccc2c1Sc1ccccc1N2c1ccc(-c2ccccc2)cc1. The first-order valence-corrected chi connectivity index (χ1v) is 40.3. The zero-order valence-corrected chi connectivity index (χ0v) is 66.2. The zero-order chi connectivity index (χ0) is 76.5. The number of benzene rings is 16. The van der Waals surface area contributed by atoms with Gasteiger partial charge >= 0.3 is 0 Å². The van der Waals surface area contributed by atoms with E-state index in [1.54, 1.807) is 0 Å². The number of hydrogen-bond acceptors (Lipinski definition) is 6. The van der Waals surface area contributed by atoms with Crippen molar-refractivity contribution in [1.29, 1.82) is 0 Å². The van der Waals surface area contributed by atoms with E-state index in [1.807, 2.05) is 23.5 Å². The Morgan fingerprint density at radius 2 is 0.518 bits per heavy atom. The number of para-hydroxylation sites is 4. The molecule has 0 amide bonds. The van der Waals surface area contributed by atoms with Crippen molar-refractivity contribution in [3.63, 3.8) is 0 Å². The predicted molar refractivity (Wildman–Crippen MR) is 478 cm³/mol. The molecule has 0 saturated heterocycles. The van der Waals surface area contributed by atoms with Crippen LogP contribution in [0.25, 0.3) is 44.5 Å². The van der Waals surface area contributed by atoms with Gasteiger partial charge in [-0.05, 0) is 226 Å². The minimum atomic E-state index is -0.0300. The van der Waals surface area contributed by atoms with E-state index in [9.17, 15) is 0 Å². The molecule has 0 unspecified atom stereocenters. The third kappa shape index (κ3) is 14.1. The van der Waals surface area contributed by atoms with Crippen LogP contribution >= 0.6 is 23.5 Å². The highest BCUT2D eigenvalue weighted by molar-refractivity contribution is 8.00. The topological polar surface area (TPSA) is 13.0 Å². The fourth-order valence-corrected chi connectivity index (χ4v) is 18.7. The van der Waals surface area contributed by atoms with E-state index in [1.165, 1.54) is 177 Å². The van der Waals surface area contributed by atoms with Crippen molar-refractivity contribution in [3.05, 3.63) is 433 Å². The lowest BCUT2D eigenvalue weighted by Gasteiger charge is -2.43. The van der Waals surface area contributed by atoms with Crippen LogP contribution in [0.1, 0.15) is 72.2 Å². The molecule has 0 aliphatic carbocycles. The lowest BCUT2D eigenvalue weighted by Crippen LogP contribution is -2.31. The summed E-state index contributed by atoms with van der Waals surface area (Å²) in [7, 11) is 0. The molecule has 4 heterocycles. The molecule has 4 nitrogen and oxygen atoms in total. The molecular weight excluding hydrogens is 1390 g/mol. The standard InChI is InChI=1S/2C28H25N.2C25H19NS/c1-20-10-9-15-26-27(20)28(2,3)24-13-7-8-14-25(24)29(26)23-18-16-22(17-19-23)21-11-5-4-6-12-21;1-20-13-18-27-25(19-20)28(2,3)24-11-7-8-12-26(24)29(27)23-16-14-22(15-17-23)21-9-5-4-6-10-21;1-18-8-7-12-23-25(18)27-24-13-6-5-11-22(24)26(23)21-16-14-20(15-17-21)19-9-3-2-4-10-19;1-18-11-16-25-23(17-18)26(22-9-5-6-10-24(22)27-25)21-14-12-20(13-15-21)19-7-3-2-4-8-19/h2*4-19H,1-3H3;2*2-17H,1H3. The maximum Gasteiger partial charge on any atom is 0.0604 e. The summed E-state index contributed by atoms with van der Waals surface area (Å²) in [6.07, 6.45) is 0. The second-order valence-electron chi connectivity index (χ2n) is 30.3. The molecular formula is C106H88N4S2. The van der Waals surface area contributed by atoms with Gasteiger partial charge in [-0.25, -0.2) is 0 Å². The van der Waals surface area contributed by atoms with Crippen LogP contribution in [0.3, 0.4) is 0 Å². The van der Waals surface area contributed by atoms with Crippen LogP contribution in [0.4, 0.5) is 68.2 Å². The second-order valence-corrected chi connectivity index (χ2v) is 32.4. The van der Waals surface area contributed by atoms with Crippen molar-refractivity contribution in [1.82, 2.24) is 0 Å². The van der Waals surface area contributed by atoms with E-state index in [2.05, 4.69) is 463 Å². The van der Waals surface area contributed by atoms with Gasteiger partial charge in [0.25, 0.3) is 0 Å². The molecule has 0 spiro atoms. The first-order chi connectivity index (χ1) is 54.7. The lowest BCUT2D eigenvalue weighted by molar-refractivity contribution is 0.627. The summed E-state index contributed by atoms with van der Waals surface area (Å²) in [5.74, 6) is 0. The van der Waals surface area contributed by atoms with Gasteiger partial charge in [-0.1, -0.05) is 330 Å². The van der Waals surface area contributed by atoms with Gasteiger partial charge in [0, 0.05) is 53.2 Å². The number of hydrogen-bond donors (Lipinski definition) is 0. The molecule has 0 radical (unpaired) electrons. The first-order valence-electron chi connectivity index (χ1n) is 38.7. The summed E-state index contributed by atoms with van der Waals surface area (Å²) >= 11 is 3.71. The molecule has 4 aliphatic heterocycles. The van der Waals surface area contributed by atoms with E-state index < -0.39 is 0 Å².